The average Bonchev–Trinajstić information content (AvgIpc) is 3.04. The molecule has 0 spiro atoms. The smallest absolute Gasteiger partial charge is 0.137 e. The minimum atomic E-state index is -0.630. The molecule has 1 aromatic heterocycles. The van der Waals surface area contributed by atoms with E-state index in [-0.39, 0.29) is 12.8 Å². The molecule has 4 rings (SSSR count). The molecule has 1 aliphatic heterocycles. The summed E-state index contributed by atoms with van der Waals surface area (Å²) < 4.78 is 9.20. The van der Waals surface area contributed by atoms with E-state index in [0.29, 0.717) is 6.42 Å². The molecular formula is C17H16INO3. The Morgan fingerprint density at radius 3 is 2.68 bits per heavy atom. The molecule has 3 aromatic rings. The molecule has 2 heterocycles. The fourth-order valence-electron chi connectivity index (χ4n) is 3.32. The third kappa shape index (κ3) is 2.15. The molecule has 2 N–H and O–H groups in total. The van der Waals surface area contributed by atoms with Crippen molar-refractivity contribution in [1.82, 2.24) is 4.57 Å². The predicted molar refractivity (Wildman–Crippen MR) is 93.8 cm³/mol. The normalized spacial score (nSPS) is 25.3. The van der Waals surface area contributed by atoms with E-state index < -0.39 is 12.2 Å². The number of rotatable bonds is 2. The van der Waals surface area contributed by atoms with Gasteiger partial charge in [-0.1, -0.05) is 18.2 Å². The maximum atomic E-state index is 10.0. The molecule has 0 unspecified atom stereocenters. The van der Waals surface area contributed by atoms with Crippen LogP contribution in [-0.2, 0) is 4.74 Å². The first-order chi connectivity index (χ1) is 10.7. The van der Waals surface area contributed by atoms with Crippen LogP contribution in [0.1, 0.15) is 12.6 Å². The van der Waals surface area contributed by atoms with Gasteiger partial charge in [0.1, 0.15) is 12.3 Å². The Hall–Kier alpha value is -1.15. The van der Waals surface area contributed by atoms with Gasteiger partial charge in [-0.3, -0.25) is 0 Å². The minimum absolute atomic E-state index is 0.160. The number of aliphatic hydroxyl groups is 2. The number of fused-ring (bicyclic) bond motifs is 3. The van der Waals surface area contributed by atoms with Crippen LogP contribution in [0, 0.1) is 3.57 Å². The van der Waals surface area contributed by atoms with Gasteiger partial charge in [-0.2, -0.15) is 0 Å². The summed E-state index contributed by atoms with van der Waals surface area (Å²) in [6.45, 7) is -0.160. The van der Waals surface area contributed by atoms with E-state index >= 15 is 0 Å². The lowest BCUT2D eigenvalue weighted by molar-refractivity contribution is -0.0416. The second-order valence-corrected chi connectivity index (χ2v) is 6.91. The maximum absolute atomic E-state index is 10.0. The molecule has 0 amide bonds. The third-order valence-corrected chi connectivity index (χ3v) is 5.01. The molecule has 1 aliphatic rings. The quantitative estimate of drug-likeness (QED) is 0.640. The molecule has 5 heteroatoms. The van der Waals surface area contributed by atoms with Crippen molar-refractivity contribution >= 4 is 44.4 Å². The Bertz CT molecular complexity index is 844. The van der Waals surface area contributed by atoms with E-state index in [2.05, 4.69) is 57.5 Å². The Morgan fingerprint density at radius 2 is 1.91 bits per heavy atom. The van der Waals surface area contributed by atoms with E-state index in [1.807, 2.05) is 12.1 Å². The molecule has 22 heavy (non-hydrogen) atoms. The largest absolute Gasteiger partial charge is 0.394 e. The molecule has 1 fully saturated rings. The molecule has 0 aliphatic carbocycles. The zero-order valence-electron chi connectivity index (χ0n) is 11.8. The molecule has 1 saturated heterocycles. The van der Waals surface area contributed by atoms with E-state index in [9.17, 15) is 10.2 Å². The van der Waals surface area contributed by atoms with Crippen LogP contribution in [0.5, 0.6) is 0 Å². The molecule has 0 bridgehead atoms. The van der Waals surface area contributed by atoms with Crippen LogP contribution in [0.4, 0.5) is 0 Å². The van der Waals surface area contributed by atoms with Gasteiger partial charge in [-0.15, -0.1) is 0 Å². The first kappa shape index (κ1) is 14.4. The number of para-hydroxylation sites is 1. The number of hydrogen-bond acceptors (Lipinski definition) is 3. The van der Waals surface area contributed by atoms with Gasteiger partial charge in [-0.05, 0) is 46.9 Å². The number of benzene rings is 2. The van der Waals surface area contributed by atoms with Crippen LogP contribution in [0.15, 0.2) is 42.5 Å². The van der Waals surface area contributed by atoms with Crippen molar-refractivity contribution in [2.24, 2.45) is 0 Å². The van der Waals surface area contributed by atoms with Gasteiger partial charge in [0.2, 0.25) is 0 Å². The Balaban J connectivity index is 1.96. The van der Waals surface area contributed by atoms with Gasteiger partial charge in [0.05, 0.1) is 23.7 Å². The topological polar surface area (TPSA) is 54.6 Å². The van der Waals surface area contributed by atoms with Crippen molar-refractivity contribution in [1.29, 1.82) is 0 Å². The highest BCUT2D eigenvalue weighted by molar-refractivity contribution is 14.1. The van der Waals surface area contributed by atoms with E-state index in [0.717, 1.165) is 11.0 Å². The van der Waals surface area contributed by atoms with E-state index in [1.165, 1.54) is 14.3 Å². The number of aliphatic hydroxyl groups excluding tert-OH is 2. The maximum Gasteiger partial charge on any atom is 0.137 e. The zero-order chi connectivity index (χ0) is 15.3. The molecule has 2 aromatic carbocycles. The van der Waals surface area contributed by atoms with Gasteiger partial charge in [-0.25, -0.2) is 0 Å². The molecule has 114 valence electrons. The first-order valence-corrected chi connectivity index (χ1v) is 8.39. The molecule has 3 atom stereocenters. The van der Waals surface area contributed by atoms with Gasteiger partial charge < -0.3 is 19.5 Å². The van der Waals surface area contributed by atoms with Crippen LogP contribution in [0.25, 0.3) is 21.8 Å². The second-order valence-electron chi connectivity index (χ2n) is 5.66. The van der Waals surface area contributed by atoms with Crippen molar-refractivity contribution in [3.05, 3.63) is 46.0 Å². The lowest BCUT2D eigenvalue weighted by Gasteiger charge is -2.16. The van der Waals surface area contributed by atoms with Crippen molar-refractivity contribution in [2.45, 2.75) is 24.9 Å². The highest BCUT2D eigenvalue weighted by atomic mass is 127. The van der Waals surface area contributed by atoms with Crippen LogP contribution in [0.3, 0.4) is 0 Å². The lowest BCUT2D eigenvalue weighted by Crippen LogP contribution is -2.24. The van der Waals surface area contributed by atoms with Crippen LogP contribution < -0.4 is 0 Å². The van der Waals surface area contributed by atoms with E-state index in [1.54, 1.807) is 0 Å². The Morgan fingerprint density at radius 1 is 1.14 bits per heavy atom. The fourth-order valence-corrected chi connectivity index (χ4v) is 3.81. The summed E-state index contributed by atoms with van der Waals surface area (Å²) in [5.41, 5.74) is 2.19. The summed E-state index contributed by atoms with van der Waals surface area (Å²) >= 11 is 2.32. The standard InChI is InChI=1S/C17H16INO3/c18-10-5-6-14-12(7-10)11-3-1-2-4-13(11)19(14)17-8-15(21)16(9-20)22-17/h1-7,15-17,20-21H,8-9H2/t15-,16+,17+/m0/s1. The molecule has 0 saturated carbocycles. The molecule has 4 nitrogen and oxygen atoms in total. The number of ether oxygens (including phenoxy) is 1. The number of hydrogen-bond donors (Lipinski definition) is 2. The number of nitrogens with zero attached hydrogens (tertiary/aromatic N) is 1. The van der Waals surface area contributed by atoms with Crippen LogP contribution >= 0.6 is 22.6 Å². The number of halogens is 1. The van der Waals surface area contributed by atoms with Crippen LogP contribution in [-0.4, -0.2) is 33.6 Å². The number of aromatic nitrogens is 1. The zero-order valence-corrected chi connectivity index (χ0v) is 14.0. The molecule has 0 radical (unpaired) electrons. The van der Waals surface area contributed by atoms with Crippen molar-refractivity contribution in [2.75, 3.05) is 6.61 Å². The second kappa shape index (κ2) is 5.49. The predicted octanol–water partition coefficient (Wildman–Crippen LogP) is 3.04. The first-order valence-electron chi connectivity index (χ1n) is 7.31. The summed E-state index contributed by atoms with van der Waals surface area (Å²) in [5, 5.41) is 21.7. The average molecular weight is 409 g/mol. The fraction of sp³-hybridized carbons (Fsp3) is 0.294. The van der Waals surface area contributed by atoms with Gasteiger partial charge in [0.25, 0.3) is 0 Å². The van der Waals surface area contributed by atoms with Crippen molar-refractivity contribution in [3.63, 3.8) is 0 Å². The van der Waals surface area contributed by atoms with Gasteiger partial charge in [0, 0.05) is 20.8 Å². The summed E-state index contributed by atoms with van der Waals surface area (Å²) in [5.74, 6) is 0. The van der Waals surface area contributed by atoms with Crippen LogP contribution in [0.2, 0.25) is 0 Å². The van der Waals surface area contributed by atoms with E-state index in [4.69, 9.17) is 4.74 Å². The molecular weight excluding hydrogens is 393 g/mol. The monoisotopic (exact) mass is 409 g/mol. The summed E-state index contributed by atoms with van der Waals surface area (Å²) in [4.78, 5) is 0. The lowest BCUT2D eigenvalue weighted by atomic mass is 10.2. The highest BCUT2D eigenvalue weighted by Crippen LogP contribution is 2.37. The Labute approximate surface area is 141 Å². The van der Waals surface area contributed by atoms with Gasteiger partial charge >= 0.3 is 0 Å². The Kier molecular flexibility index (Phi) is 3.60. The SMILES string of the molecule is OC[C@H]1O[C@@H](n2c3ccccc3c3cc(I)ccc32)C[C@@H]1O. The highest BCUT2D eigenvalue weighted by Gasteiger charge is 2.35. The summed E-state index contributed by atoms with van der Waals surface area (Å²) in [7, 11) is 0. The van der Waals surface area contributed by atoms with Crippen molar-refractivity contribution in [3.8, 4) is 0 Å². The summed E-state index contributed by atoms with van der Waals surface area (Å²) in [6.07, 6.45) is -0.903. The minimum Gasteiger partial charge on any atom is -0.394 e. The summed E-state index contributed by atoms with van der Waals surface area (Å²) in [6, 6.07) is 14.6. The third-order valence-electron chi connectivity index (χ3n) is 4.34. The van der Waals surface area contributed by atoms with Crippen molar-refractivity contribution < 1.29 is 14.9 Å². The van der Waals surface area contributed by atoms with Gasteiger partial charge in [0.15, 0.2) is 0 Å².